The zero-order chi connectivity index (χ0) is 16.6. The fraction of sp³-hybridized carbons (Fsp3) is 0.471. The Kier molecular flexibility index (Phi) is 3.97. The van der Waals surface area contributed by atoms with Crippen LogP contribution in [0.15, 0.2) is 23.8 Å². The SMILES string of the molecule is COC(=O)c1cnc(N2CCC3(CC2)OCCc2sccc23)cn1. The average Bonchev–Trinajstić information content (AvgIpc) is 3.12. The molecular weight excluding hydrogens is 326 g/mol. The monoisotopic (exact) mass is 345 g/mol. The number of thiophene rings is 1. The van der Waals surface area contributed by atoms with Crippen LogP contribution in [0.5, 0.6) is 0 Å². The van der Waals surface area contributed by atoms with Gasteiger partial charge in [0.2, 0.25) is 0 Å². The van der Waals surface area contributed by atoms with Gasteiger partial charge in [0.25, 0.3) is 0 Å². The maximum Gasteiger partial charge on any atom is 0.358 e. The number of carbonyl (C=O) groups is 1. The lowest BCUT2D eigenvalue weighted by Crippen LogP contribution is -2.46. The molecule has 0 atom stereocenters. The van der Waals surface area contributed by atoms with Crippen LogP contribution in [0.1, 0.15) is 33.8 Å². The van der Waals surface area contributed by atoms with Gasteiger partial charge in [-0.25, -0.2) is 14.8 Å². The molecule has 2 aliphatic rings. The summed E-state index contributed by atoms with van der Waals surface area (Å²) in [6, 6.07) is 2.22. The van der Waals surface area contributed by atoms with Crippen molar-refractivity contribution in [1.29, 1.82) is 0 Å². The van der Waals surface area contributed by atoms with E-state index in [0.717, 1.165) is 44.8 Å². The van der Waals surface area contributed by atoms with E-state index in [-0.39, 0.29) is 11.3 Å². The van der Waals surface area contributed by atoms with Crippen molar-refractivity contribution in [1.82, 2.24) is 9.97 Å². The van der Waals surface area contributed by atoms with Gasteiger partial charge in [-0.05, 0) is 29.9 Å². The molecule has 0 bridgehead atoms. The van der Waals surface area contributed by atoms with Crippen LogP contribution in [-0.4, -0.2) is 42.7 Å². The van der Waals surface area contributed by atoms with Crippen LogP contribution < -0.4 is 4.90 Å². The first kappa shape index (κ1) is 15.5. The molecule has 1 saturated heterocycles. The second-order valence-corrected chi connectivity index (χ2v) is 7.09. The van der Waals surface area contributed by atoms with Gasteiger partial charge in [-0.3, -0.25) is 0 Å². The van der Waals surface area contributed by atoms with E-state index in [1.165, 1.54) is 23.7 Å². The van der Waals surface area contributed by atoms with Gasteiger partial charge in [-0.1, -0.05) is 0 Å². The zero-order valence-corrected chi connectivity index (χ0v) is 14.3. The number of piperidine rings is 1. The summed E-state index contributed by atoms with van der Waals surface area (Å²) in [5.41, 5.74) is 1.47. The summed E-state index contributed by atoms with van der Waals surface area (Å²) in [4.78, 5) is 23.6. The summed E-state index contributed by atoms with van der Waals surface area (Å²) in [6.07, 6.45) is 6.02. The van der Waals surface area contributed by atoms with Gasteiger partial charge in [-0.2, -0.15) is 0 Å². The van der Waals surface area contributed by atoms with Crippen molar-refractivity contribution in [2.75, 3.05) is 31.7 Å². The molecule has 0 aliphatic carbocycles. The number of rotatable bonds is 2. The Morgan fingerprint density at radius 1 is 1.33 bits per heavy atom. The van der Waals surface area contributed by atoms with Gasteiger partial charge < -0.3 is 14.4 Å². The Morgan fingerprint density at radius 2 is 2.17 bits per heavy atom. The van der Waals surface area contributed by atoms with Crippen LogP contribution in [0.3, 0.4) is 0 Å². The van der Waals surface area contributed by atoms with E-state index >= 15 is 0 Å². The molecule has 0 radical (unpaired) electrons. The van der Waals surface area contributed by atoms with Gasteiger partial charge in [-0.15, -0.1) is 11.3 Å². The smallest absolute Gasteiger partial charge is 0.358 e. The molecule has 0 saturated carbocycles. The Balaban J connectivity index is 1.48. The van der Waals surface area contributed by atoms with Gasteiger partial charge >= 0.3 is 5.97 Å². The third-order valence-electron chi connectivity index (χ3n) is 4.87. The van der Waals surface area contributed by atoms with Crippen molar-refractivity contribution in [2.24, 2.45) is 0 Å². The highest BCUT2D eigenvalue weighted by Gasteiger charge is 2.41. The molecule has 0 N–H and O–H groups in total. The first-order valence-electron chi connectivity index (χ1n) is 8.08. The number of esters is 1. The standard InChI is InChI=1S/C17H19N3O3S/c1-22-16(21)13-10-19-15(11-18-13)20-6-4-17(5-7-20)12-3-9-24-14(12)2-8-23-17/h3,9-11H,2,4-8H2,1H3. The van der Waals surface area contributed by atoms with Crippen LogP contribution in [-0.2, 0) is 21.5 Å². The minimum atomic E-state index is -0.466. The molecule has 6 nitrogen and oxygen atoms in total. The van der Waals surface area contributed by atoms with E-state index in [9.17, 15) is 4.79 Å². The molecule has 2 aliphatic heterocycles. The number of methoxy groups -OCH3 is 1. The highest BCUT2D eigenvalue weighted by atomic mass is 32.1. The number of nitrogens with zero attached hydrogens (tertiary/aromatic N) is 3. The number of anilines is 1. The van der Waals surface area contributed by atoms with E-state index in [0.29, 0.717) is 0 Å². The fourth-order valence-electron chi connectivity index (χ4n) is 3.56. The second-order valence-electron chi connectivity index (χ2n) is 6.09. The molecule has 24 heavy (non-hydrogen) atoms. The molecule has 0 aromatic carbocycles. The van der Waals surface area contributed by atoms with E-state index in [1.54, 1.807) is 6.20 Å². The molecule has 4 heterocycles. The Bertz CT molecular complexity index is 736. The number of carbonyl (C=O) groups excluding carboxylic acids is 1. The Hall–Kier alpha value is -1.99. The molecule has 4 rings (SSSR count). The lowest BCUT2D eigenvalue weighted by atomic mass is 9.82. The minimum Gasteiger partial charge on any atom is -0.464 e. The maximum atomic E-state index is 11.4. The van der Waals surface area contributed by atoms with Crippen molar-refractivity contribution in [3.05, 3.63) is 40.0 Å². The predicted molar refractivity (Wildman–Crippen MR) is 90.5 cm³/mol. The van der Waals surface area contributed by atoms with Crippen molar-refractivity contribution >= 4 is 23.1 Å². The minimum absolute atomic E-state index is 0.135. The predicted octanol–water partition coefficient (Wildman–Crippen LogP) is 2.39. The number of hydrogen-bond donors (Lipinski definition) is 0. The zero-order valence-electron chi connectivity index (χ0n) is 13.5. The lowest BCUT2D eigenvalue weighted by molar-refractivity contribution is -0.0757. The van der Waals surface area contributed by atoms with Gasteiger partial charge in [0, 0.05) is 24.4 Å². The number of aromatic nitrogens is 2. The van der Waals surface area contributed by atoms with Crippen LogP contribution in [0.4, 0.5) is 5.82 Å². The Labute approximate surface area is 144 Å². The van der Waals surface area contributed by atoms with E-state index < -0.39 is 5.97 Å². The maximum absolute atomic E-state index is 11.4. The summed E-state index contributed by atoms with van der Waals surface area (Å²) in [7, 11) is 1.34. The third kappa shape index (κ3) is 2.57. The first-order chi connectivity index (χ1) is 11.7. The summed E-state index contributed by atoms with van der Waals surface area (Å²) < 4.78 is 10.9. The van der Waals surface area contributed by atoms with Crippen LogP contribution in [0.25, 0.3) is 0 Å². The summed E-state index contributed by atoms with van der Waals surface area (Å²) in [5, 5.41) is 2.17. The van der Waals surface area contributed by atoms with Crippen LogP contribution in [0, 0.1) is 0 Å². The first-order valence-corrected chi connectivity index (χ1v) is 8.96. The van der Waals surface area contributed by atoms with Gasteiger partial charge in [0.15, 0.2) is 5.69 Å². The van der Waals surface area contributed by atoms with Crippen LogP contribution in [0.2, 0.25) is 0 Å². The average molecular weight is 345 g/mol. The molecule has 2 aromatic heterocycles. The molecule has 0 unspecified atom stereocenters. The number of fused-ring (bicyclic) bond motifs is 2. The van der Waals surface area contributed by atoms with Gasteiger partial charge in [0.05, 0.1) is 31.7 Å². The highest BCUT2D eigenvalue weighted by molar-refractivity contribution is 7.10. The molecule has 1 fully saturated rings. The van der Waals surface area contributed by atoms with Crippen molar-refractivity contribution < 1.29 is 14.3 Å². The summed E-state index contributed by atoms with van der Waals surface area (Å²) in [5.74, 6) is 0.325. The molecule has 126 valence electrons. The van der Waals surface area contributed by atoms with Crippen molar-refractivity contribution in [3.8, 4) is 0 Å². The molecular formula is C17H19N3O3S. The van der Waals surface area contributed by atoms with E-state index in [4.69, 9.17) is 4.74 Å². The number of hydrogen-bond acceptors (Lipinski definition) is 7. The van der Waals surface area contributed by atoms with Crippen LogP contribution >= 0.6 is 11.3 Å². The number of ether oxygens (including phenoxy) is 2. The van der Waals surface area contributed by atoms with Crippen molar-refractivity contribution in [2.45, 2.75) is 24.9 Å². The van der Waals surface area contributed by atoms with E-state index in [1.807, 2.05) is 11.3 Å². The second kappa shape index (κ2) is 6.14. The van der Waals surface area contributed by atoms with E-state index in [2.05, 4.69) is 31.1 Å². The molecule has 2 aromatic rings. The quantitative estimate of drug-likeness (QED) is 0.779. The van der Waals surface area contributed by atoms with Crippen molar-refractivity contribution in [3.63, 3.8) is 0 Å². The third-order valence-corrected chi connectivity index (χ3v) is 5.85. The fourth-order valence-corrected chi connectivity index (χ4v) is 4.51. The highest BCUT2D eigenvalue weighted by Crippen LogP contribution is 2.43. The Morgan fingerprint density at radius 3 is 2.88 bits per heavy atom. The van der Waals surface area contributed by atoms with Gasteiger partial charge in [0.1, 0.15) is 5.82 Å². The largest absolute Gasteiger partial charge is 0.464 e. The molecule has 7 heteroatoms. The molecule has 0 amide bonds. The topological polar surface area (TPSA) is 64.5 Å². The lowest BCUT2D eigenvalue weighted by Gasteiger charge is -2.44. The molecule has 1 spiro atoms. The summed E-state index contributed by atoms with van der Waals surface area (Å²) >= 11 is 1.84. The normalized spacial score (nSPS) is 19.1. The summed E-state index contributed by atoms with van der Waals surface area (Å²) in [6.45, 7) is 2.53.